The fourth-order valence-corrected chi connectivity index (χ4v) is 3.41. The first-order valence-electron chi connectivity index (χ1n) is 6.91. The van der Waals surface area contributed by atoms with Crippen molar-refractivity contribution in [2.24, 2.45) is 5.92 Å². The van der Waals surface area contributed by atoms with Crippen LogP contribution in [-0.4, -0.2) is 17.0 Å². The number of halogens is 4. The predicted molar refractivity (Wildman–Crippen MR) is 76.7 cm³/mol. The van der Waals surface area contributed by atoms with Gasteiger partial charge in [-0.15, -0.1) is 13.2 Å². The number of ketones is 1. The van der Waals surface area contributed by atoms with Crippen molar-refractivity contribution in [1.29, 1.82) is 0 Å². The van der Waals surface area contributed by atoms with Gasteiger partial charge in [-0.3, -0.25) is 4.79 Å². The minimum absolute atomic E-state index is 0.0829. The molecule has 21 heavy (non-hydrogen) atoms. The molecule has 1 aliphatic carbocycles. The molecular weight excluding hydrogens is 349 g/mol. The van der Waals surface area contributed by atoms with Gasteiger partial charge in [0.05, 0.1) is 4.83 Å². The number of benzene rings is 1. The SMILES string of the molecule is O=C(c1ccc(OC(F)(F)F)cc1)C(Br)C1CCCCC1. The highest BCUT2D eigenvalue weighted by atomic mass is 79.9. The maximum Gasteiger partial charge on any atom is 0.573 e. The highest BCUT2D eigenvalue weighted by molar-refractivity contribution is 9.10. The van der Waals surface area contributed by atoms with E-state index in [0.29, 0.717) is 11.5 Å². The molecule has 0 aromatic heterocycles. The van der Waals surface area contributed by atoms with Crippen molar-refractivity contribution in [3.05, 3.63) is 29.8 Å². The largest absolute Gasteiger partial charge is 0.573 e. The number of alkyl halides is 4. The second-order valence-corrected chi connectivity index (χ2v) is 6.22. The normalized spacial score (nSPS) is 18.3. The topological polar surface area (TPSA) is 26.3 Å². The van der Waals surface area contributed by atoms with Gasteiger partial charge in [0.1, 0.15) is 5.75 Å². The fraction of sp³-hybridized carbons (Fsp3) is 0.533. The highest BCUT2D eigenvalue weighted by Crippen LogP contribution is 2.32. The predicted octanol–water partition coefficient (Wildman–Crippen LogP) is 5.11. The summed E-state index contributed by atoms with van der Waals surface area (Å²) >= 11 is 3.45. The Hall–Kier alpha value is -1.04. The quantitative estimate of drug-likeness (QED) is 0.547. The average molecular weight is 365 g/mol. The molecule has 116 valence electrons. The molecule has 0 radical (unpaired) electrons. The number of rotatable bonds is 4. The van der Waals surface area contributed by atoms with Crippen molar-refractivity contribution in [3.63, 3.8) is 0 Å². The van der Waals surface area contributed by atoms with Gasteiger partial charge in [-0.2, -0.15) is 0 Å². The van der Waals surface area contributed by atoms with Crippen molar-refractivity contribution >= 4 is 21.7 Å². The minimum Gasteiger partial charge on any atom is -0.406 e. The van der Waals surface area contributed by atoms with Crippen LogP contribution >= 0.6 is 15.9 Å². The monoisotopic (exact) mass is 364 g/mol. The summed E-state index contributed by atoms with van der Waals surface area (Å²) in [7, 11) is 0. The van der Waals surface area contributed by atoms with E-state index in [1.807, 2.05) is 0 Å². The average Bonchev–Trinajstić information content (AvgIpc) is 2.46. The van der Waals surface area contributed by atoms with E-state index in [4.69, 9.17) is 0 Å². The smallest absolute Gasteiger partial charge is 0.406 e. The summed E-state index contributed by atoms with van der Waals surface area (Å²) in [4.78, 5) is 12.1. The number of hydrogen-bond acceptors (Lipinski definition) is 2. The Bertz CT molecular complexity index is 479. The fourth-order valence-electron chi connectivity index (χ4n) is 2.62. The zero-order chi connectivity index (χ0) is 15.5. The molecule has 1 unspecified atom stereocenters. The van der Waals surface area contributed by atoms with Crippen LogP contribution in [0.25, 0.3) is 0 Å². The van der Waals surface area contributed by atoms with Crippen molar-refractivity contribution in [2.75, 3.05) is 0 Å². The van der Waals surface area contributed by atoms with Gasteiger partial charge in [0.2, 0.25) is 0 Å². The van der Waals surface area contributed by atoms with Gasteiger partial charge in [0.25, 0.3) is 0 Å². The molecule has 1 saturated carbocycles. The van der Waals surface area contributed by atoms with Crippen LogP contribution in [0.1, 0.15) is 42.5 Å². The van der Waals surface area contributed by atoms with Crippen LogP contribution in [0, 0.1) is 5.92 Å². The van der Waals surface area contributed by atoms with Crippen LogP contribution in [0.5, 0.6) is 5.75 Å². The number of Topliss-reactive ketones (excluding diaryl/α,β-unsaturated/α-hetero) is 1. The Morgan fingerprint density at radius 2 is 1.71 bits per heavy atom. The molecule has 0 saturated heterocycles. The third-order valence-corrected chi connectivity index (χ3v) is 4.85. The second-order valence-electron chi connectivity index (χ2n) is 5.24. The Labute approximate surface area is 129 Å². The lowest BCUT2D eigenvalue weighted by Gasteiger charge is -2.25. The first-order chi connectivity index (χ1) is 9.87. The first kappa shape index (κ1) is 16.3. The van der Waals surface area contributed by atoms with Gasteiger partial charge in [-0.25, -0.2) is 0 Å². The first-order valence-corrected chi connectivity index (χ1v) is 7.82. The van der Waals surface area contributed by atoms with E-state index in [2.05, 4.69) is 20.7 Å². The third kappa shape index (κ3) is 4.73. The summed E-state index contributed by atoms with van der Waals surface area (Å²) in [6.07, 6.45) is 0.754. The summed E-state index contributed by atoms with van der Waals surface area (Å²) < 4.78 is 40.0. The summed E-state index contributed by atoms with van der Waals surface area (Å²) in [5, 5.41) is 0. The molecule has 6 heteroatoms. The van der Waals surface area contributed by atoms with Crippen molar-refractivity contribution in [1.82, 2.24) is 0 Å². The third-order valence-electron chi connectivity index (χ3n) is 3.69. The van der Waals surface area contributed by atoms with E-state index in [1.165, 1.54) is 30.7 Å². The van der Waals surface area contributed by atoms with E-state index >= 15 is 0 Å². The molecule has 0 aliphatic heterocycles. The van der Waals surface area contributed by atoms with E-state index in [1.54, 1.807) is 0 Å². The lowest BCUT2D eigenvalue weighted by molar-refractivity contribution is -0.274. The van der Waals surface area contributed by atoms with Crippen LogP contribution in [0.4, 0.5) is 13.2 Å². The minimum atomic E-state index is -4.72. The van der Waals surface area contributed by atoms with Crippen molar-refractivity contribution in [3.8, 4) is 5.75 Å². The maximum atomic E-state index is 12.3. The standard InChI is InChI=1S/C15H16BrF3O2/c16-13(10-4-2-1-3-5-10)14(20)11-6-8-12(9-7-11)21-15(17,18)19/h6-10,13H,1-5H2. The Morgan fingerprint density at radius 1 is 1.14 bits per heavy atom. The van der Waals surface area contributed by atoms with E-state index in [9.17, 15) is 18.0 Å². The molecule has 0 amide bonds. The van der Waals surface area contributed by atoms with Crippen molar-refractivity contribution < 1.29 is 22.7 Å². The number of carbonyl (C=O) groups excluding carboxylic acids is 1. The Morgan fingerprint density at radius 3 is 2.24 bits per heavy atom. The lowest BCUT2D eigenvalue weighted by Crippen LogP contribution is -2.26. The summed E-state index contributed by atoms with van der Waals surface area (Å²) in [5.41, 5.74) is 0.400. The summed E-state index contributed by atoms with van der Waals surface area (Å²) in [5.74, 6) is -0.0966. The van der Waals surface area contributed by atoms with E-state index < -0.39 is 6.36 Å². The van der Waals surface area contributed by atoms with Gasteiger partial charge in [0, 0.05) is 5.56 Å². The van der Waals surface area contributed by atoms with Gasteiger partial charge in [-0.05, 0) is 43.0 Å². The number of ether oxygens (including phenoxy) is 1. The molecule has 2 rings (SSSR count). The molecule has 2 nitrogen and oxygen atoms in total. The highest BCUT2D eigenvalue weighted by Gasteiger charge is 2.31. The number of carbonyl (C=O) groups is 1. The van der Waals surface area contributed by atoms with Gasteiger partial charge >= 0.3 is 6.36 Å². The Kier molecular flexibility index (Phi) is 5.30. The van der Waals surface area contributed by atoms with Crippen LogP contribution < -0.4 is 4.74 Å². The molecular formula is C15H16BrF3O2. The van der Waals surface area contributed by atoms with Gasteiger partial charge in [0.15, 0.2) is 5.78 Å². The molecule has 1 aliphatic rings. The molecule has 1 atom stereocenters. The van der Waals surface area contributed by atoms with Crippen LogP contribution in [0.15, 0.2) is 24.3 Å². The molecule has 1 aromatic rings. The van der Waals surface area contributed by atoms with Crippen LogP contribution in [0.2, 0.25) is 0 Å². The second kappa shape index (κ2) is 6.81. The zero-order valence-electron chi connectivity index (χ0n) is 11.3. The van der Waals surface area contributed by atoms with Gasteiger partial charge in [-0.1, -0.05) is 35.2 Å². The molecule has 1 fully saturated rings. The molecule has 0 bridgehead atoms. The molecule has 0 heterocycles. The van der Waals surface area contributed by atoms with Gasteiger partial charge < -0.3 is 4.74 Å². The summed E-state index contributed by atoms with van der Waals surface area (Å²) in [6, 6.07) is 5.09. The molecule has 0 spiro atoms. The van der Waals surface area contributed by atoms with E-state index in [0.717, 1.165) is 25.7 Å². The maximum absolute atomic E-state index is 12.3. The summed E-state index contributed by atoms with van der Waals surface area (Å²) in [6.45, 7) is 0. The Balaban J connectivity index is 2.02. The molecule has 1 aromatic carbocycles. The van der Waals surface area contributed by atoms with E-state index in [-0.39, 0.29) is 16.4 Å². The lowest BCUT2D eigenvalue weighted by atomic mass is 9.84. The van der Waals surface area contributed by atoms with Crippen LogP contribution in [-0.2, 0) is 0 Å². The van der Waals surface area contributed by atoms with Crippen LogP contribution in [0.3, 0.4) is 0 Å². The molecule has 0 N–H and O–H groups in total. The van der Waals surface area contributed by atoms with Crippen molar-refractivity contribution in [2.45, 2.75) is 43.3 Å². The number of hydrogen-bond donors (Lipinski definition) is 0. The zero-order valence-corrected chi connectivity index (χ0v) is 12.9.